The molecule has 1 fully saturated rings. The van der Waals surface area contributed by atoms with Crippen molar-refractivity contribution in [2.75, 3.05) is 12.8 Å². The lowest BCUT2D eigenvalue weighted by atomic mass is 9.77. The Morgan fingerprint density at radius 2 is 1.81 bits per heavy atom. The molecule has 0 aromatic heterocycles. The molecule has 11 heteroatoms. The molecule has 0 saturated heterocycles. The Morgan fingerprint density at radius 1 is 1.16 bits per heavy atom. The van der Waals surface area contributed by atoms with Crippen LogP contribution < -0.4 is 9.99 Å². The first-order valence-corrected chi connectivity index (χ1v) is 12.7. The van der Waals surface area contributed by atoms with Crippen LogP contribution in [-0.2, 0) is 4.57 Å². The van der Waals surface area contributed by atoms with Gasteiger partial charge in [0.25, 0.3) is 7.52 Å². The van der Waals surface area contributed by atoms with E-state index in [2.05, 4.69) is 6.92 Å². The van der Waals surface area contributed by atoms with Crippen LogP contribution in [0.15, 0.2) is 12.1 Å². The minimum absolute atomic E-state index is 0.153. The van der Waals surface area contributed by atoms with E-state index in [1.54, 1.807) is 0 Å². The highest BCUT2D eigenvalue weighted by Gasteiger charge is 2.44. The van der Waals surface area contributed by atoms with Crippen molar-refractivity contribution in [1.29, 1.82) is 0 Å². The summed E-state index contributed by atoms with van der Waals surface area (Å²) >= 11 is 0. The van der Waals surface area contributed by atoms with Crippen LogP contribution in [0.1, 0.15) is 69.8 Å². The van der Waals surface area contributed by atoms with Crippen LogP contribution in [0.4, 0.5) is 22.0 Å². The summed E-state index contributed by atoms with van der Waals surface area (Å²) in [4.78, 5) is 9.22. The Labute approximate surface area is 184 Å². The SMILES string of the molecule is CCCCCC1CCC(c2ccc(OC[C@H](CP(=O)(O)NO)C(F)(F)F)c(F)c2F)CC1. The van der Waals surface area contributed by atoms with Crippen molar-refractivity contribution in [3.63, 3.8) is 0 Å². The van der Waals surface area contributed by atoms with Gasteiger partial charge in [-0.05, 0) is 49.1 Å². The van der Waals surface area contributed by atoms with Crippen molar-refractivity contribution >= 4 is 7.52 Å². The predicted molar refractivity (Wildman–Crippen MR) is 110 cm³/mol. The molecular formula is C21H31F5NO4P. The number of hydrogen-bond donors (Lipinski definition) is 3. The number of hydrogen-bond acceptors (Lipinski definition) is 3. The predicted octanol–water partition coefficient (Wildman–Crippen LogP) is 6.54. The molecule has 1 aromatic carbocycles. The van der Waals surface area contributed by atoms with Gasteiger partial charge in [-0.1, -0.05) is 38.7 Å². The van der Waals surface area contributed by atoms with Crippen LogP contribution in [0.5, 0.6) is 5.75 Å². The van der Waals surface area contributed by atoms with E-state index in [1.807, 2.05) is 0 Å². The Hall–Kier alpha value is -1.22. The molecule has 1 aliphatic carbocycles. The Balaban J connectivity index is 2.02. The highest BCUT2D eigenvalue weighted by Crippen LogP contribution is 2.43. The molecule has 0 amide bonds. The fraction of sp³-hybridized carbons (Fsp3) is 0.714. The van der Waals surface area contributed by atoms with Gasteiger partial charge in [-0.3, -0.25) is 4.57 Å². The second-order valence-corrected chi connectivity index (χ2v) is 10.5. The summed E-state index contributed by atoms with van der Waals surface area (Å²) in [6.07, 6.45) is 1.63. The van der Waals surface area contributed by atoms with Gasteiger partial charge in [0.1, 0.15) is 6.61 Å². The average Bonchev–Trinajstić information content (AvgIpc) is 2.74. The molecule has 0 radical (unpaired) electrons. The number of benzene rings is 1. The molecular weight excluding hydrogens is 456 g/mol. The van der Waals surface area contributed by atoms with Gasteiger partial charge in [0.2, 0.25) is 5.82 Å². The molecule has 3 N–H and O–H groups in total. The molecule has 1 saturated carbocycles. The minimum Gasteiger partial charge on any atom is -0.490 e. The van der Waals surface area contributed by atoms with E-state index in [0.717, 1.165) is 49.8 Å². The number of ether oxygens (including phenoxy) is 1. The van der Waals surface area contributed by atoms with E-state index in [9.17, 15) is 31.4 Å². The monoisotopic (exact) mass is 487 g/mol. The first-order chi connectivity index (χ1) is 15.0. The normalized spacial score (nSPS) is 22.4. The molecule has 0 spiro atoms. The average molecular weight is 487 g/mol. The van der Waals surface area contributed by atoms with Gasteiger partial charge >= 0.3 is 6.18 Å². The minimum atomic E-state index is -4.94. The van der Waals surface area contributed by atoms with Crippen LogP contribution in [0, 0.1) is 23.5 Å². The lowest BCUT2D eigenvalue weighted by Crippen LogP contribution is -2.33. The van der Waals surface area contributed by atoms with E-state index in [1.165, 1.54) is 18.9 Å². The van der Waals surface area contributed by atoms with E-state index in [4.69, 9.17) is 9.94 Å². The summed E-state index contributed by atoms with van der Waals surface area (Å²) in [6, 6.07) is 2.43. The molecule has 1 aliphatic rings. The second-order valence-electron chi connectivity index (χ2n) is 8.53. The van der Waals surface area contributed by atoms with Crippen molar-refractivity contribution in [2.45, 2.75) is 70.4 Å². The first-order valence-electron chi connectivity index (χ1n) is 10.9. The van der Waals surface area contributed by atoms with Gasteiger partial charge in [-0.25, -0.2) is 4.39 Å². The summed E-state index contributed by atoms with van der Waals surface area (Å²) in [5.41, 5.74) is 0.193. The maximum atomic E-state index is 14.7. The standard InChI is InChI=1S/C21H31F5NO4P/c1-2-3-4-5-14-6-8-15(9-7-14)17-10-11-18(20(23)19(17)22)31-12-16(21(24,25)26)13-32(29,30)27-28/h10-11,14-16,28H,2-9,12-13H2,1H3,(H2,27,29,30)/t14?,15?,16-/m1/s1. The summed E-state index contributed by atoms with van der Waals surface area (Å²) in [5.74, 6) is -5.24. The largest absolute Gasteiger partial charge is 0.490 e. The molecule has 32 heavy (non-hydrogen) atoms. The first kappa shape index (κ1) is 27.0. The smallest absolute Gasteiger partial charge is 0.395 e. The Kier molecular flexibility index (Phi) is 9.94. The van der Waals surface area contributed by atoms with Crippen molar-refractivity contribution in [3.05, 3.63) is 29.3 Å². The van der Waals surface area contributed by atoms with Crippen molar-refractivity contribution < 1.29 is 41.4 Å². The molecule has 184 valence electrons. The zero-order chi connectivity index (χ0) is 23.9. The molecule has 0 bridgehead atoms. The highest BCUT2D eigenvalue weighted by atomic mass is 31.2. The Morgan fingerprint density at radius 3 is 2.38 bits per heavy atom. The maximum absolute atomic E-state index is 14.7. The quantitative estimate of drug-likeness (QED) is 0.143. The van der Waals surface area contributed by atoms with Crippen LogP contribution in [0.25, 0.3) is 0 Å². The molecule has 0 aliphatic heterocycles. The van der Waals surface area contributed by atoms with E-state index < -0.39 is 49.8 Å². The van der Waals surface area contributed by atoms with Crippen molar-refractivity contribution in [1.82, 2.24) is 5.25 Å². The summed E-state index contributed by atoms with van der Waals surface area (Å²) in [5, 5.41) is 9.46. The fourth-order valence-electron chi connectivity index (χ4n) is 4.20. The number of rotatable bonds is 11. The number of nitrogens with one attached hydrogen (secondary N) is 1. The van der Waals surface area contributed by atoms with Crippen LogP contribution in [0.2, 0.25) is 0 Å². The number of alkyl halides is 3. The van der Waals surface area contributed by atoms with Gasteiger partial charge in [-0.15, -0.1) is 5.25 Å². The zero-order valence-electron chi connectivity index (χ0n) is 18.0. The third-order valence-corrected chi connectivity index (χ3v) is 7.35. The van der Waals surface area contributed by atoms with E-state index >= 15 is 0 Å². The van der Waals surface area contributed by atoms with Crippen molar-refractivity contribution in [2.24, 2.45) is 11.8 Å². The highest BCUT2D eigenvalue weighted by molar-refractivity contribution is 7.55. The summed E-state index contributed by atoms with van der Waals surface area (Å²) < 4.78 is 84.8. The third-order valence-electron chi connectivity index (χ3n) is 6.11. The number of unbranched alkanes of at least 4 members (excludes halogenated alkanes) is 2. The molecule has 5 nitrogen and oxygen atoms in total. The van der Waals surface area contributed by atoms with E-state index in [0.29, 0.717) is 5.92 Å². The maximum Gasteiger partial charge on any atom is 0.395 e. The van der Waals surface area contributed by atoms with E-state index in [-0.39, 0.29) is 11.5 Å². The molecule has 2 atom stereocenters. The lowest BCUT2D eigenvalue weighted by Gasteiger charge is -2.29. The molecule has 2 rings (SSSR count). The van der Waals surface area contributed by atoms with Gasteiger partial charge in [0.15, 0.2) is 11.6 Å². The third kappa shape index (κ3) is 7.68. The van der Waals surface area contributed by atoms with Gasteiger partial charge in [-0.2, -0.15) is 17.6 Å². The molecule has 1 unspecified atom stereocenters. The zero-order valence-corrected chi connectivity index (χ0v) is 18.9. The fourth-order valence-corrected chi connectivity index (χ4v) is 5.19. The van der Waals surface area contributed by atoms with Gasteiger partial charge < -0.3 is 14.8 Å². The summed E-state index contributed by atoms with van der Waals surface area (Å²) in [7, 11) is -4.67. The Bertz CT molecular complexity index is 784. The van der Waals surface area contributed by atoms with Gasteiger partial charge in [0, 0.05) is 0 Å². The number of halogens is 5. The summed E-state index contributed by atoms with van der Waals surface area (Å²) in [6.45, 7) is 0.941. The van der Waals surface area contributed by atoms with Crippen LogP contribution in [0.3, 0.4) is 0 Å². The van der Waals surface area contributed by atoms with Crippen LogP contribution in [-0.4, -0.2) is 29.0 Å². The topological polar surface area (TPSA) is 78.8 Å². The molecule has 0 heterocycles. The second kappa shape index (κ2) is 11.8. The van der Waals surface area contributed by atoms with Crippen molar-refractivity contribution in [3.8, 4) is 5.75 Å². The lowest BCUT2D eigenvalue weighted by molar-refractivity contribution is -0.175. The van der Waals surface area contributed by atoms with Gasteiger partial charge in [0.05, 0.1) is 12.1 Å². The molecule has 1 aromatic rings. The van der Waals surface area contributed by atoms with Crippen LogP contribution >= 0.6 is 7.52 Å².